The summed E-state index contributed by atoms with van der Waals surface area (Å²) in [5, 5.41) is 3.62. The van der Waals surface area contributed by atoms with Gasteiger partial charge in [0.1, 0.15) is 0 Å². The Morgan fingerprint density at radius 3 is 3.05 bits per heavy atom. The van der Waals surface area contributed by atoms with Crippen LogP contribution in [-0.4, -0.2) is 37.0 Å². The number of likely N-dealkylation sites (tertiary alicyclic amines) is 1. The molecule has 19 heavy (non-hydrogen) atoms. The van der Waals surface area contributed by atoms with Crippen LogP contribution in [-0.2, 0) is 4.79 Å². The topological polar surface area (TPSA) is 32.3 Å². The first-order valence-corrected chi connectivity index (χ1v) is 6.93. The zero-order valence-electron chi connectivity index (χ0n) is 10.9. The van der Waals surface area contributed by atoms with E-state index >= 15 is 0 Å². The van der Waals surface area contributed by atoms with Crippen molar-refractivity contribution < 1.29 is 4.79 Å². The smallest absolute Gasteiger partial charge is 0.234 e. The quantitative estimate of drug-likeness (QED) is 0.839. The van der Waals surface area contributed by atoms with E-state index in [9.17, 15) is 4.79 Å². The maximum atomic E-state index is 11.6. The molecule has 1 fully saturated rings. The van der Waals surface area contributed by atoms with Crippen molar-refractivity contribution in [3.63, 3.8) is 0 Å². The molecule has 1 aromatic rings. The Hall–Kier alpha value is -1.32. The molecule has 0 saturated carbocycles. The summed E-state index contributed by atoms with van der Waals surface area (Å²) >= 11 is 6.22. The molecule has 1 atom stereocenters. The number of rotatable bonds is 5. The molecule has 0 bridgehead atoms. The van der Waals surface area contributed by atoms with Crippen LogP contribution in [0.5, 0.6) is 0 Å². The lowest BCUT2D eigenvalue weighted by Crippen LogP contribution is -2.36. The van der Waals surface area contributed by atoms with Crippen LogP contribution < -0.4 is 5.32 Å². The molecular weight excluding hydrogens is 260 g/mol. The number of nitrogens with zero attached hydrogens (tertiary/aromatic N) is 1. The first-order valence-electron chi connectivity index (χ1n) is 6.55. The molecule has 1 unspecified atom stereocenters. The maximum absolute atomic E-state index is 11.6. The molecule has 0 aromatic heterocycles. The molecule has 1 saturated heterocycles. The number of hydrogen-bond donors (Lipinski definition) is 1. The number of nitrogens with one attached hydrogen (secondary N) is 1. The monoisotopic (exact) mass is 278 g/mol. The molecular formula is C15H19ClN2O. The van der Waals surface area contributed by atoms with Crippen LogP contribution in [0.1, 0.15) is 17.9 Å². The van der Waals surface area contributed by atoms with E-state index in [4.69, 9.17) is 11.6 Å². The van der Waals surface area contributed by atoms with Crippen molar-refractivity contribution in [2.45, 2.75) is 12.3 Å². The Balaban J connectivity index is 1.88. The van der Waals surface area contributed by atoms with Gasteiger partial charge in [0, 0.05) is 18.1 Å². The van der Waals surface area contributed by atoms with Crippen molar-refractivity contribution in [2.75, 3.05) is 26.2 Å². The number of benzene rings is 1. The number of amides is 1. The van der Waals surface area contributed by atoms with Crippen LogP contribution in [0.25, 0.3) is 0 Å². The van der Waals surface area contributed by atoms with Gasteiger partial charge in [-0.05, 0) is 30.5 Å². The predicted octanol–water partition coefficient (Wildman–Crippen LogP) is 2.43. The van der Waals surface area contributed by atoms with Crippen molar-refractivity contribution in [1.29, 1.82) is 0 Å². The van der Waals surface area contributed by atoms with Gasteiger partial charge in [0.05, 0.1) is 6.54 Å². The maximum Gasteiger partial charge on any atom is 0.234 e. The standard InChI is InChI=1S/C15H19ClN2O/c1-2-8-17-15(19)11-18-9-7-12(10-18)13-5-3-4-6-14(13)16/h2-6,12H,1,7-11H2,(H,17,19). The third-order valence-corrected chi connectivity index (χ3v) is 3.77. The first-order chi connectivity index (χ1) is 9.20. The number of hydrogen-bond acceptors (Lipinski definition) is 2. The molecule has 3 nitrogen and oxygen atoms in total. The second-order valence-corrected chi connectivity index (χ2v) is 5.24. The highest BCUT2D eigenvalue weighted by molar-refractivity contribution is 6.31. The number of carbonyl (C=O) groups excluding carboxylic acids is 1. The predicted molar refractivity (Wildman–Crippen MR) is 78.5 cm³/mol. The minimum Gasteiger partial charge on any atom is -0.352 e. The number of halogens is 1. The molecule has 0 spiro atoms. The molecule has 1 amide bonds. The summed E-state index contributed by atoms with van der Waals surface area (Å²) in [6, 6.07) is 7.96. The Bertz CT molecular complexity index is 461. The zero-order chi connectivity index (χ0) is 13.7. The van der Waals surface area contributed by atoms with E-state index in [1.165, 1.54) is 5.56 Å². The summed E-state index contributed by atoms with van der Waals surface area (Å²) in [6.07, 6.45) is 2.74. The van der Waals surface area contributed by atoms with Gasteiger partial charge < -0.3 is 5.32 Å². The number of carbonyl (C=O) groups is 1. The molecule has 1 heterocycles. The molecule has 1 aromatic carbocycles. The highest BCUT2D eigenvalue weighted by Gasteiger charge is 2.26. The fourth-order valence-electron chi connectivity index (χ4n) is 2.48. The van der Waals surface area contributed by atoms with Gasteiger partial charge in [-0.1, -0.05) is 35.9 Å². The van der Waals surface area contributed by atoms with Gasteiger partial charge in [-0.3, -0.25) is 9.69 Å². The van der Waals surface area contributed by atoms with E-state index in [-0.39, 0.29) is 5.91 Å². The third-order valence-electron chi connectivity index (χ3n) is 3.43. The van der Waals surface area contributed by atoms with Crippen LogP contribution in [0.4, 0.5) is 0 Å². The van der Waals surface area contributed by atoms with Crippen LogP contribution >= 0.6 is 11.6 Å². The van der Waals surface area contributed by atoms with E-state index in [1.807, 2.05) is 18.2 Å². The van der Waals surface area contributed by atoms with Crippen LogP contribution in [0.3, 0.4) is 0 Å². The normalized spacial score (nSPS) is 19.3. The van der Waals surface area contributed by atoms with Crippen molar-refractivity contribution in [2.24, 2.45) is 0 Å². The van der Waals surface area contributed by atoms with Gasteiger partial charge in [0.25, 0.3) is 0 Å². The largest absolute Gasteiger partial charge is 0.352 e. The summed E-state index contributed by atoms with van der Waals surface area (Å²) in [6.45, 7) is 6.40. The molecule has 102 valence electrons. The fraction of sp³-hybridized carbons (Fsp3) is 0.400. The molecule has 1 aliphatic heterocycles. The van der Waals surface area contributed by atoms with Crippen molar-refractivity contribution >= 4 is 17.5 Å². The molecule has 0 radical (unpaired) electrons. The van der Waals surface area contributed by atoms with Crippen LogP contribution in [0.2, 0.25) is 5.02 Å². The minimum absolute atomic E-state index is 0.0553. The average molecular weight is 279 g/mol. The highest BCUT2D eigenvalue weighted by atomic mass is 35.5. The second-order valence-electron chi connectivity index (χ2n) is 4.83. The van der Waals surface area contributed by atoms with Gasteiger partial charge >= 0.3 is 0 Å². The van der Waals surface area contributed by atoms with E-state index in [1.54, 1.807) is 6.08 Å². The summed E-state index contributed by atoms with van der Waals surface area (Å²) in [5.41, 5.74) is 1.19. The van der Waals surface area contributed by atoms with E-state index in [2.05, 4.69) is 22.9 Å². The summed E-state index contributed by atoms with van der Waals surface area (Å²) in [4.78, 5) is 13.8. The molecule has 0 aliphatic carbocycles. The summed E-state index contributed by atoms with van der Waals surface area (Å²) < 4.78 is 0. The van der Waals surface area contributed by atoms with E-state index in [0.29, 0.717) is 19.0 Å². The lowest BCUT2D eigenvalue weighted by Gasteiger charge is -2.16. The third kappa shape index (κ3) is 3.82. The van der Waals surface area contributed by atoms with Crippen molar-refractivity contribution in [3.8, 4) is 0 Å². The zero-order valence-corrected chi connectivity index (χ0v) is 11.7. The van der Waals surface area contributed by atoms with E-state index < -0.39 is 0 Å². The van der Waals surface area contributed by atoms with Crippen LogP contribution in [0, 0.1) is 0 Å². The van der Waals surface area contributed by atoms with Gasteiger partial charge in [0.2, 0.25) is 5.91 Å². The van der Waals surface area contributed by atoms with Gasteiger partial charge in [0.15, 0.2) is 0 Å². The fourth-order valence-corrected chi connectivity index (χ4v) is 2.77. The summed E-state index contributed by atoms with van der Waals surface area (Å²) in [5.74, 6) is 0.487. The van der Waals surface area contributed by atoms with Crippen molar-refractivity contribution in [1.82, 2.24) is 10.2 Å². The lowest BCUT2D eigenvalue weighted by atomic mass is 9.98. The Labute approximate surface area is 119 Å². The van der Waals surface area contributed by atoms with Gasteiger partial charge in [-0.2, -0.15) is 0 Å². The van der Waals surface area contributed by atoms with Crippen molar-refractivity contribution in [3.05, 3.63) is 47.5 Å². The first kappa shape index (κ1) is 14.1. The Kier molecular flexibility index (Phi) is 5.00. The minimum atomic E-state index is 0.0553. The SMILES string of the molecule is C=CCNC(=O)CN1CCC(c2ccccc2Cl)C1. The van der Waals surface area contributed by atoms with Gasteiger partial charge in [-0.25, -0.2) is 0 Å². The van der Waals surface area contributed by atoms with Gasteiger partial charge in [-0.15, -0.1) is 6.58 Å². The van der Waals surface area contributed by atoms with E-state index in [0.717, 1.165) is 24.5 Å². The molecule has 1 aliphatic rings. The molecule has 1 N–H and O–H groups in total. The lowest BCUT2D eigenvalue weighted by molar-refractivity contribution is -0.121. The average Bonchev–Trinajstić information content (AvgIpc) is 2.85. The molecule has 2 rings (SSSR count). The highest BCUT2D eigenvalue weighted by Crippen LogP contribution is 2.31. The Morgan fingerprint density at radius 1 is 1.53 bits per heavy atom. The summed E-state index contributed by atoms with van der Waals surface area (Å²) in [7, 11) is 0. The molecule has 4 heteroatoms. The van der Waals surface area contributed by atoms with Crippen LogP contribution in [0.15, 0.2) is 36.9 Å². The second kappa shape index (κ2) is 6.73. The Morgan fingerprint density at radius 2 is 2.32 bits per heavy atom.